The molecule has 0 saturated heterocycles. The van der Waals surface area contributed by atoms with E-state index in [-0.39, 0.29) is 0 Å². The molecule has 90 valence electrons. The van der Waals surface area contributed by atoms with Crippen LogP contribution in [-0.4, -0.2) is 11.9 Å². The SMILES string of the molecule is BrCC1(COCc2ccco2)CCCCC1. The summed E-state index contributed by atoms with van der Waals surface area (Å²) in [4.78, 5) is 0. The monoisotopic (exact) mass is 286 g/mol. The normalized spacial score (nSPS) is 19.8. The van der Waals surface area contributed by atoms with E-state index in [0.29, 0.717) is 12.0 Å². The largest absolute Gasteiger partial charge is 0.467 e. The maximum atomic E-state index is 5.79. The van der Waals surface area contributed by atoms with Gasteiger partial charge in [0.2, 0.25) is 0 Å². The van der Waals surface area contributed by atoms with Crippen LogP contribution in [0.1, 0.15) is 37.9 Å². The summed E-state index contributed by atoms with van der Waals surface area (Å²) in [6.45, 7) is 1.45. The van der Waals surface area contributed by atoms with Gasteiger partial charge in [0, 0.05) is 10.7 Å². The fourth-order valence-electron chi connectivity index (χ4n) is 2.38. The van der Waals surface area contributed by atoms with Gasteiger partial charge in [0.05, 0.1) is 12.9 Å². The van der Waals surface area contributed by atoms with E-state index in [1.54, 1.807) is 6.26 Å². The van der Waals surface area contributed by atoms with Crippen LogP contribution in [0.2, 0.25) is 0 Å². The summed E-state index contributed by atoms with van der Waals surface area (Å²) >= 11 is 3.64. The first kappa shape index (κ1) is 12.2. The van der Waals surface area contributed by atoms with Crippen LogP contribution in [0.25, 0.3) is 0 Å². The lowest BCUT2D eigenvalue weighted by Crippen LogP contribution is -2.31. The fourth-order valence-corrected chi connectivity index (χ4v) is 3.10. The lowest BCUT2D eigenvalue weighted by molar-refractivity contribution is 0.0188. The summed E-state index contributed by atoms with van der Waals surface area (Å²) in [5, 5.41) is 1.05. The van der Waals surface area contributed by atoms with Gasteiger partial charge in [-0.2, -0.15) is 0 Å². The van der Waals surface area contributed by atoms with Gasteiger partial charge >= 0.3 is 0 Å². The van der Waals surface area contributed by atoms with Crippen LogP contribution in [0, 0.1) is 5.41 Å². The van der Waals surface area contributed by atoms with Gasteiger partial charge in [-0.25, -0.2) is 0 Å². The Bertz CT molecular complexity index is 289. The molecule has 0 radical (unpaired) electrons. The fraction of sp³-hybridized carbons (Fsp3) is 0.692. The Morgan fingerprint density at radius 3 is 2.75 bits per heavy atom. The number of alkyl halides is 1. The Kier molecular flexibility index (Phi) is 4.47. The molecule has 1 fully saturated rings. The first-order valence-corrected chi connectivity index (χ1v) is 7.13. The van der Waals surface area contributed by atoms with E-state index >= 15 is 0 Å². The minimum absolute atomic E-state index is 0.366. The molecule has 1 aromatic rings. The molecule has 1 aliphatic rings. The second-order valence-electron chi connectivity index (χ2n) is 4.77. The summed E-state index contributed by atoms with van der Waals surface area (Å²) in [5.41, 5.74) is 0.366. The van der Waals surface area contributed by atoms with Crippen LogP contribution in [-0.2, 0) is 11.3 Å². The molecule has 0 spiro atoms. The first-order chi connectivity index (χ1) is 7.85. The zero-order valence-corrected chi connectivity index (χ0v) is 11.2. The number of halogens is 1. The van der Waals surface area contributed by atoms with Crippen LogP contribution in [0.3, 0.4) is 0 Å². The standard InChI is InChI=1S/C13H19BrO2/c14-10-13(6-2-1-3-7-13)11-15-9-12-5-4-8-16-12/h4-5,8H,1-3,6-7,9-11H2. The van der Waals surface area contributed by atoms with Gasteiger partial charge in [0.1, 0.15) is 12.4 Å². The van der Waals surface area contributed by atoms with E-state index < -0.39 is 0 Å². The molecule has 16 heavy (non-hydrogen) atoms. The lowest BCUT2D eigenvalue weighted by Gasteiger charge is -2.35. The van der Waals surface area contributed by atoms with Crippen LogP contribution >= 0.6 is 15.9 Å². The zero-order chi connectivity index (χ0) is 11.3. The highest BCUT2D eigenvalue weighted by Crippen LogP contribution is 2.38. The van der Waals surface area contributed by atoms with Gasteiger partial charge in [0.25, 0.3) is 0 Å². The quantitative estimate of drug-likeness (QED) is 0.759. The number of ether oxygens (including phenoxy) is 1. The molecule has 0 N–H and O–H groups in total. The van der Waals surface area contributed by atoms with Crippen molar-refractivity contribution in [1.82, 2.24) is 0 Å². The van der Waals surface area contributed by atoms with E-state index in [0.717, 1.165) is 17.7 Å². The number of rotatable bonds is 5. The molecule has 0 atom stereocenters. The molecule has 2 rings (SSSR count). The minimum Gasteiger partial charge on any atom is -0.467 e. The van der Waals surface area contributed by atoms with Crippen molar-refractivity contribution in [3.8, 4) is 0 Å². The van der Waals surface area contributed by atoms with Crippen molar-refractivity contribution in [2.75, 3.05) is 11.9 Å². The van der Waals surface area contributed by atoms with Gasteiger partial charge in [-0.05, 0) is 25.0 Å². The third kappa shape index (κ3) is 3.11. The summed E-state index contributed by atoms with van der Waals surface area (Å²) in [7, 11) is 0. The zero-order valence-electron chi connectivity index (χ0n) is 9.58. The van der Waals surface area contributed by atoms with Crippen LogP contribution in [0.4, 0.5) is 0 Å². The maximum Gasteiger partial charge on any atom is 0.129 e. The summed E-state index contributed by atoms with van der Waals surface area (Å²) in [6.07, 6.45) is 8.34. The molecule has 2 nitrogen and oxygen atoms in total. The molecule has 1 saturated carbocycles. The molecule has 3 heteroatoms. The molecule has 0 unspecified atom stereocenters. The van der Waals surface area contributed by atoms with Crippen molar-refractivity contribution in [1.29, 1.82) is 0 Å². The summed E-state index contributed by atoms with van der Waals surface area (Å²) < 4.78 is 11.0. The number of hydrogen-bond acceptors (Lipinski definition) is 2. The van der Waals surface area contributed by atoms with Crippen molar-refractivity contribution in [2.24, 2.45) is 5.41 Å². The van der Waals surface area contributed by atoms with Crippen LogP contribution in [0.5, 0.6) is 0 Å². The molecule has 1 aromatic heterocycles. The summed E-state index contributed by atoms with van der Waals surface area (Å²) in [6, 6.07) is 3.86. The molecule has 0 aromatic carbocycles. The highest BCUT2D eigenvalue weighted by Gasteiger charge is 2.31. The molecular formula is C13H19BrO2. The molecule has 1 heterocycles. The topological polar surface area (TPSA) is 22.4 Å². The number of hydrogen-bond donors (Lipinski definition) is 0. The maximum absolute atomic E-state index is 5.79. The van der Waals surface area contributed by atoms with E-state index in [4.69, 9.17) is 9.15 Å². The minimum atomic E-state index is 0.366. The second kappa shape index (κ2) is 5.87. The Balaban J connectivity index is 1.78. The predicted molar refractivity (Wildman–Crippen MR) is 67.7 cm³/mol. The Hall–Kier alpha value is -0.280. The van der Waals surface area contributed by atoms with Crippen molar-refractivity contribution < 1.29 is 9.15 Å². The number of furan rings is 1. The molecule has 0 amide bonds. The smallest absolute Gasteiger partial charge is 0.129 e. The van der Waals surface area contributed by atoms with Gasteiger partial charge < -0.3 is 9.15 Å². The highest BCUT2D eigenvalue weighted by atomic mass is 79.9. The highest BCUT2D eigenvalue weighted by molar-refractivity contribution is 9.09. The Labute approximate surface area is 105 Å². The van der Waals surface area contributed by atoms with E-state index in [9.17, 15) is 0 Å². The first-order valence-electron chi connectivity index (χ1n) is 6.01. The second-order valence-corrected chi connectivity index (χ2v) is 5.33. The molecule has 0 bridgehead atoms. The van der Waals surface area contributed by atoms with Crippen LogP contribution in [0.15, 0.2) is 22.8 Å². The summed E-state index contributed by atoms with van der Waals surface area (Å²) in [5.74, 6) is 0.917. The van der Waals surface area contributed by atoms with Gasteiger partial charge in [-0.3, -0.25) is 0 Å². The molecule has 0 aliphatic heterocycles. The van der Waals surface area contributed by atoms with Crippen molar-refractivity contribution in [3.05, 3.63) is 24.2 Å². The molecular weight excluding hydrogens is 268 g/mol. The van der Waals surface area contributed by atoms with Crippen molar-refractivity contribution in [3.63, 3.8) is 0 Å². The molecule has 1 aliphatic carbocycles. The van der Waals surface area contributed by atoms with E-state index in [1.807, 2.05) is 12.1 Å². The van der Waals surface area contributed by atoms with Gasteiger partial charge in [-0.1, -0.05) is 35.2 Å². The Morgan fingerprint density at radius 2 is 2.12 bits per heavy atom. The van der Waals surface area contributed by atoms with Gasteiger partial charge in [0.15, 0.2) is 0 Å². The average molecular weight is 287 g/mol. The van der Waals surface area contributed by atoms with Crippen LogP contribution < -0.4 is 0 Å². The predicted octanol–water partition coefficient (Wildman–Crippen LogP) is 4.14. The van der Waals surface area contributed by atoms with E-state index in [2.05, 4.69) is 15.9 Å². The van der Waals surface area contributed by atoms with Gasteiger partial charge in [-0.15, -0.1) is 0 Å². The van der Waals surface area contributed by atoms with E-state index in [1.165, 1.54) is 32.1 Å². The third-order valence-corrected chi connectivity index (χ3v) is 4.62. The third-order valence-electron chi connectivity index (χ3n) is 3.43. The van der Waals surface area contributed by atoms with Crippen molar-refractivity contribution in [2.45, 2.75) is 38.7 Å². The Morgan fingerprint density at radius 1 is 1.31 bits per heavy atom. The van der Waals surface area contributed by atoms with Crippen molar-refractivity contribution >= 4 is 15.9 Å². The average Bonchev–Trinajstić information content (AvgIpc) is 2.83. The lowest BCUT2D eigenvalue weighted by atomic mass is 9.76.